The molecule has 0 atom stereocenters. The number of benzene rings is 3. The van der Waals surface area contributed by atoms with Crippen molar-refractivity contribution in [2.75, 3.05) is 18.0 Å². The first-order valence-corrected chi connectivity index (χ1v) is 10.8. The molecular weight excluding hydrogens is 404 g/mol. The van der Waals surface area contributed by atoms with Crippen molar-refractivity contribution >= 4 is 23.1 Å². The van der Waals surface area contributed by atoms with Gasteiger partial charge in [-0.05, 0) is 54.8 Å². The fourth-order valence-corrected chi connectivity index (χ4v) is 3.85. The molecule has 0 amide bonds. The second-order valence-electron chi connectivity index (χ2n) is 7.89. The third-order valence-electron chi connectivity index (χ3n) is 5.67. The van der Waals surface area contributed by atoms with Crippen molar-refractivity contribution < 1.29 is 18.7 Å². The average molecular weight is 428 g/mol. The Morgan fingerprint density at radius 1 is 0.906 bits per heavy atom. The number of piperidine rings is 1. The lowest BCUT2D eigenvalue weighted by atomic mass is 9.97. The number of nitrogens with zero attached hydrogens (tertiary/aromatic N) is 2. The highest BCUT2D eigenvalue weighted by molar-refractivity contribution is 5.76. The first-order valence-electron chi connectivity index (χ1n) is 10.8. The Balaban J connectivity index is 1.12. The second kappa shape index (κ2) is 9.14. The Bertz CT molecular complexity index is 1150. The summed E-state index contributed by atoms with van der Waals surface area (Å²) in [4.78, 5) is 19.3. The van der Waals surface area contributed by atoms with E-state index in [4.69, 9.17) is 13.9 Å². The molecule has 0 radical (unpaired) electrons. The van der Waals surface area contributed by atoms with E-state index in [2.05, 4.69) is 9.88 Å². The van der Waals surface area contributed by atoms with Crippen LogP contribution in [0, 0.1) is 5.92 Å². The minimum Gasteiger partial charge on any atom is -0.489 e. The molecule has 1 aliphatic rings. The topological polar surface area (TPSA) is 64.8 Å². The Kier molecular flexibility index (Phi) is 5.75. The molecule has 1 aromatic heterocycles. The standard InChI is InChI=1S/C26H24N2O4/c29-25(31-22-12-10-21(11-13-22)30-18-19-6-2-1-3-7-19)20-14-16-28(17-15-20)26-27-23-8-4-5-9-24(23)32-26/h1-13,20H,14-18H2. The first kappa shape index (κ1) is 20.1. The van der Waals surface area contributed by atoms with Gasteiger partial charge in [0.15, 0.2) is 5.58 Å². The van der Waals surface area contributed by atoms with Crippen LogP contribution in [0.15, 0.2) is 83.3 Å². The van der Waals surface area contributed by atoms with Crippen LogP contribution in [-0.2, 0) is 11.4 Å². The average Bonchev–Trinajstić information content (AvgIpc) is 3.29. The lowest BCUT2D eigenvalue weighted by molar-refractivity contribution is -0.139. The maximum Gasteiger partial charge on any atom is 0.314 e. The lowest BCUT2D eigenvalue weighted by Gasteiger charge is -2.29. The van der Waals surface area contributed by atoms with Crippen molar-refractivity contribution in [1.82, 2.24) is 4.98 Å². The molecule has 6 heteroatoms. The van der Waals surface area contributed by atoms with Crippen molar-refractivity contribution in [3.05, 3.63) is 84.4 Å². The molecule has 0 saturated carbocycles. The first-order chi connectivity index (χ1) is 15.7. The van der Waals surface area contributed by atoms with Crippen LogP contribution in [0.5, 0.6) is 11.5 Å². The van der Waals surface area contributed by atoms with Crippen molar-refractivity contribution in [2.24, 2.45) is 5.92 Å². The molecule has 2 heterocycles. The zero-order chi connectivity index (χ0) is 21.8. The number of anilines is 1. The van der Waals surface area contributed by atoms with Gasteiger partial charge in [0.25, 0.3) is 6.01 Å². The number of hydrogen-bond donors (Lipinski definition) is 0. The molecule has 3 aromatic carbocycles. The van der Waals surface area contributed by atoms with Crippen molar-refractivity contribution in [2.45, 2.75) is 19.4 Å². The van der Waals surface area contributed by atoms with Gasteiger partial charge in [-0.25, -0.2) is 0 Å². The molecule has 0 bridgehead atoms. The molecule has 0 aliphatic carbocycles. The monoisotopic (exact) mass is 428 g/mol. The molecule has 0 unspecified atom stereocenters. The van der Waals surface area contributed by atoms with Crippen LogP contribution in [0.25, 0.3) is 11.1 Å². The van der Waals surface area contributed by atoms with Gasteiger partial charge in [-0.2, -0.15) is 4.98 Å². The fourth-order valence-electron chi connectivity index (χ4n) is 3.85. The quantitative estimate of drug-likeness (QED) is 0.310. The van der Waals surface area contributed by atoms with E-state index in [1.807, 2.05) is 66.7 Å². The van der Waals surface area contributed by atoms with E-state index < -0.39 is 0 Å². The van der Waals surface area contributed by atoms with Gasteiger partial charge in [-0.1, -0.05) is 42.5 Å². The smallest absolute Gasteiger partial charge is 0.314 e. The zero-order valence-corrected chi connectivity index (χ0v) is 17.6. The second-order valence-corrected chi connectivity index (χ2v) is 7.89. The summed E-state index contributed by atoms with van der Waals surface area (Å²) in [6.45, 7) is 1.91. The molecule has 6 nitrogen and oxygen atoms in total. The Labute approximate surface area is 186 Å². The third-order valence-corrected chi connectivity index (χ3v) is 5.67. The molecule has 5 rings (SSSR count). The van der Waals surface area contributed by atoms with E-state index in [0.717, 1.165) is 22.4 Å². The van der Waals surface area contributed by atoms with Crippen LogP contribution < -0.4 is 14.4 Å². The SMILES string of the molecule is O=C(Oc1ccc(OCc2ccccc2)cc1)C1CCN(c2nc3ccccc3o2)CC1. The summed E-state index contributed by atoms with van der Waals surface area (Å²) in [5, 5.41) is 0. The predicted molar refractivity (Wildman–Crippen MR) is 122 cm³/mol. The summed E-state index contributed by atoms with van der Waals surface area (Å²) in [5.41, 5.74) is 2.73. The summed E-state index contributed by atoms with van der Waals surface area (Å²) in [7, 11) is 0. The minimum atomic E-state index is -0.194. The van der Waals surface area contributed by atoms with Crippen molar-refractivity contribution in [3.8, 4) is 11.5 Å². The van der Waals surface area contributed by atoms with Gasteiger partial charge in [0, 0.05) is 13.1 Å². The highest BCUT2D eigenvalue weighted by atomic mass is 16.5. The molecule has 0 spiro atoms. The van der Waals surface area contributed by atoms with Gasteiger partial charge in [-0.15, -0.1) is 0 Å². The molecule has 1 aliphatic heterocycles. The Morgan fingerprint density at radius 3 is 2.34 bits per heavy atom. The third kappa shape index (κ3) is 4.59. The number of carbonyl (C=O) groups excluding carboxylic acids is 1. The summed E-state index contributed by atoms with van der Waals surface area (Å²) in [6, 6.07) is 25.5. The van der Waals surface area contributed by atoms with Crippen LogP contribution in [0.1, 0.15) is 18.4 Å². The lowest BCUT2D eigenvalue weighted by Crippen LogP contribution is -2.37. The number of rotatable bonds is 6. The molecule has 4 aromatic rings. The normalized spacial score (nSPS) is 14.4. The number of para-hydroxylation sites is 2. The summed E-state index contributed by atoms with van der Waals surface area (Å²) in [5.74, 6) is 0.938. The number of oxazole rings is 1. The molecule has 1 saturated heterocycles. The van der Waals surface area contributed by atoms with Crippen LogP contribution in [-0.4, -0.2) is 24.0 Å². The summed E-state index contributed by atoms with van der Waals surface area (Å²) < 4.78 is 17.2. The van der Waals surface area contributed by atoms with Gasteiger partial charge < -0.3 is 18.8 Å². The Hall–Kier alpha value is -3.80. The minimum absolute atomic E-state index is 0.135. The van der Waals surface area contributed by atoms with Crippen LogP contribution in [0.4, 0.5) is 6.01 Å². The molecule has 1 fully saturated rings. The number of aromatic nitrogens is 1. The van der Waals surface area contributed by atoms with Crippen molar-refractivity contribution in [3.63, 3.8) is 0 Å². The molecular formula is C26H24N2O4. The number of fused-ring (bicyclic) bond motifs is 1. The van der Waals surface area contributed by atoms with Crippen LogP contribution in [0.2, 0.25) is 0 Å². The Morgan fingerprint density at radius 2 is 1.59 bits per heavy atom. The predicted octanol–water partition coefficient (Wildman–Crippen LogP) is 5.23. The summed E-state index contributed by atoms with van der Waals surface area (Å²) in [6.07, 6.45) is 1.41. The molecule has 0 N–H and O–H groups in total. The highest BCUT2D eigenvalue weighted by Crippen LogP contribution is 2.27. The largest absolute Gasteiger partial charge is 0.489 e. The van der Waals surface area contributed by atoms with E-state index in [9.17, 15) is 4.79 Å². The van der Waals surface area contributed by atoms with Crippen molar-refractivity contribution in [1.29, 1.82) is 0 Å². The van der Waals surface area contributed by atoms with Gasteiger partial charge >= 0.3 is 5.97 Å². The van der Waals surface area contributed by atoms with Crippen LogP contribution in [0.3, 0.4) is 0 Å². The number of esters is 1. The van der Waals surface area contributed by atoms with E-state index in [0.29, 0.717) is 44.3 Å². The van der Waals surface area contributed by atoms with E-state index in [1.54, 1.807) is 12.1 Å². The van der Waals surface area contributed by atoms with Gasteiger partial charge in [0.1, 0.15) is 23.6 Å². The van der Waals surface area contributed by atoms with Gasteiger partial charge in [-0.3, -0.25) is 4.79 Å². The van der Waals surface area contributed by atoms with Gasteiger partial charge in [0.05, 0.1) is 5.92 Å². The highest BCUT2D eigenvalue weighted by Gasteiger charge is 2.28. The summed E-state index contributed by atoms with van der Waals surface area (Å²) >= 11 is 0. The van der Waals surface area contributed by atoms with E-state index >= 15 is 0 Å². The fraction of sp³-hybridized carbons (Fsp3) is 0.231. The zero-order valence-electron chi connectivity index (χ0n) is 17.6. The molecule has 162 valence electrons. The number of hydrogen-bond acceptors (Lipinski definition) is 6. The van der Waals surface area contributed by atoms with E-state index in [1.165, 1.54) is 0 Å². The van der Waals surface area contributed by atoms with Gasteiger partial charge in [0.2, 0.25) is 0 Å². The number of ether oxygens (including phenoxy) is 2. The maximum atomic E-state index is 12.6. The maximum absolute atomic E-state index is 12.6. The van der Waals surface area contributed by atoms with Crippen LogP contribution >= 0.6 is 0 Å². The number of carbonyl (C=O) groups is 1. The van der Waals surface area contributed by atoms with E-state index in [-0.39, 0.29) is 11.9 Å². The molecule has 32 heavy (non-hydrogen) atoms.